The van der Waals surface area contributed by atoms with Gasteiger partial charge < -0.3 is 5.32 Å². The largest absolute Gasteiger partial charge is 0.316 e. The molecule has 1 unspecified atom stereocenters. The quantitative estimate of drug-likeness (QED) is 0.890. The normalized spacial score (nSPS) is 18.2. The molecule has 5 heteroatoms. The summed E-state index contributed by atoms with van der Waals surface area (Å²) in [6.07, 6.45) is 4.39. The Labute approximate surface area is 104 Å². The number of carbonyl (C=O) groups is 1. The van der Waals surface area contributed by atoms with Gasteiger partial charge in [0.05, 0.1) is 12.1 Å². The summed E-state index contributed by atoms with van der Waals surface area (Å²) in [6, 6.07) is 0. The van der Waals surface area contributed by atoms with Gasteiger partial charge in [-0.2, -0.15) is 0 Å². The Morgan fingerprint density at radius 2 is 2.53 bits per heavy atom. The standard InChI is InChI=1S/C12H15N3OS/c1-8(9-5-13-6-9)11(16)4-10-7-15-2-3-17-12(15)14-10/h2-3,7-9,13H,4-6H2,1H3. The number of imidazole rings is 1. The monoisotopic (exact) mass is 249 g/mol. The lowest BCUT2D eigenvalue weighted by Crippen LogP contribution is -2.47. The highest BCUT2D eigenvalue weighted by Crippen LogP contribution is 2.19. The van der Waals surface area contributed by atoms with E-state index in [1.54, 1.807) is 11.3 Å². The van der Waals surface area contributed by atoms with Gasteiger partial charge >= 0.3 is 0 Å². The third-order valence-corrected chi connectivity index (χ3v) is 4.30. The number of hydrogen-bond acceptors (Lipinski definition) is 4. The molecule has 0 aromatic carbocycles. The summed E-state index contributed by atoms with van der Waals surface area (Å²) >= 11 is 1.60. The average Bonchev–Trinajstić information content (AvgIpc) is 2.74. The second-order valence-corrected chi connectivity index (χ2v) is 5.55. The van der Waals surface area contributed by atoms with Gasteiger partial charge in [-0.25, -0.2) is 4.98 Å². The van der Waals surface area contributed by atoms with Gasteiger partial charge in [-0.15, -0.1) is 11.3 Å². The SMILES string of the molecule is CC(C(=O)Cc1cn2ccsc2n1)C1CNC1. The average molecular weight is 249 g/mol. The molecule has 2 aromatic rings. The number of nitrogens with zero attached hydrogens (tertiary/aromatic N) is 2. The van der Waals surface area contributed by atoms with E-state index in [1.807, 2.05) is 29.1 Å². The minimum Gasteiger partial charge on any atom is -0.316 e. The summed E-state index contributed by atoms with van der Waals surface area (Å²) in [5.74, 6) is 0.976. The number of hydrogen-bond donors (Lipinski definition) is 1. The Bertz CT molecular complexity index is 512. The highest BCUT2D eigenvalue weighted by atomic mass is 32.1. The van der Waals surface area contributed by atoms with Gasteiger partial charge in [0, 0.05) is 23.7 Å². The molecule has 0 saturated carbocycles. The van der Waals surface area contributed by atoms with Crippen molar-refractivity contribution >= 4 is 22.1 Å². The number of ketones is 1. The molecule has 0 amide bonds. The Balaban J connectivity index is 1.69. The molecular formula is C12H15N3OS. The Kier molecular flexibility index (Phi) is 2.72. The molecule has 3 heterocycles. The Hall–Kier alpha value is -1.20. The molecule has 1 aliphatic heterocycles. The van der Waals surface area contributed by atoms with Crippen molar-refractivity contribution in [3.8, 4) is 0 Å². The van der Waals surface area contributed by atoms with Crippen LogP contribution in [0.3, 0.4) is 0 Å². The topological polar surface area (TPSA) is 46.4 Å². The summed E-state index contributed by atoms with van der Waals surface area (Å²) < 4.78 is 1.98. The van der Waals surface area contributed by atoms with Crippen LogP contribution >= 0.6 is 11.3 Å². The van der Waals surface area contributed by atoms with Crippen molar-refractivity contribution in [1.82, 2.24) is 14.7 Å². The number of thiazole rings is 1. The molecule has 0 aliphatic carbocycles. The first kappa shape index (κ1) is 10.9. The molecule has 1 fully saturated rings. The minimum absolute atomic E-state index is 0.149. The molecule has 1 aliphatic rings. The summed E-state index contributed by atoms with van der Waals surface area (Å²) in [7, 11) is 0. The van der Waals surface area contributed by atoms with Crippen molar-refractivity contribution in [1.29, 1.82) is 0 Å². The van der Waals surface area contributed by atoms with Gasteiger partial charge in [-0.1, -0.05) is 6.92 Å². The van der Waals surface area contributed by atoms with Gasteiger partial charge in [0.25, 0.3) is 0 Å². The maximum absolute atomic E-state index is 12.1. The van der Waals surface area contributed by atoms with E-state index >= 15 is 0 Å². The van der Waals surface area contributed by atoms with Crippen molar-refractivity contribution in [2.24, 2.45) is 11.8 Å². The fourth-order valence-electron chi connectivity index (χ4n) is 2.13. The first-order valence-corrected chi connectivity index (χ1v) is 6.76. The number of carbonyl (C=O) groups excluding carboxylic acids is 1. The maximum Gasteiger partial charge on any atom is 0.193 e. The zero-order chi connectivity index (χ0) is 11.8. The first-order valence-electron chi connectivity index (χ1n) is 5.88. The highest BCUT2D eigenvalue weighted by molar-refractivity contribution is 7.15. The van der Waals surface area contributed by atoms with Gasteiger partial charge in [0.15, 0.2) is 4.96 Å². The van der Waals surface area contributed by atoms with Crippen LogP contribution in [0.25, 0.3) is 4.96 Å². The van der Waals surface area contributed by atoms with Crippen LogP contribution in [0, 0.1) is 11.8 Å². The Morgan fingerprint density at radius 1 is 1.71 bits per heavy atom. The van der Waals surface area contributed by atoms with Crippen LogP contribution in [0.5, 0.6) is 0 Å². The van der Waals surface area contributed by atoms with E-state index in [2.05, 4.69) is 10.3 Å². The van der Waals surface area contributed by atoms with E-state index in [0.29, 0.717) is 18.1 Å². The lowest BCUT2D eigenvalue weighted by atomic mass is 9.84. The third-order valence-electron chi connectivity index (χ3n) is 3.53. The summed E-state index contributed by atoms with van der Waals surface area (Å²) in [5.41, 5.74) is 0.890. The lowest BCUT2D eigenvalue weighted by Gasteiger charge is -2.31. The highest BCUT2D eigenvalue weighted by Gasteiger charge is 2.28. The van der Waals surface area contributed by atoms with Crippen LogP contribution in [0.4, 0.5) is 0 Å². The van der Waals surface area contributed by atoms with Gasteiger partial charge in [0.2, 0.25) is 0 Å². The molecule has 1 saturated heterocycles. The molecule has 1 atom stereocenters. The van der Waals surface area contributed by atoms with Crippen LogP contribution in [0.1, 0.15) is 12.6 Å². The van der Waals surface area contributed by atoms with Gasteiger partial charge in [-0.05, 0) is 19.0 Å². The zero-order valence-corrected chi connectivity index (χ0v) is 10.5. The molecule has 0 spiro atoms. The molecule has 2 aromatic heterocycles. The predicted octanol–water partition coefficient (Wildman–Crippen LogP) is 1.36. The van der Waals surface area contributed by atoms with Crippen LogP contribution in [-0.4, -0.2) is 28.3 Å². The number of Topliss-reactive ketones (excluding diaryl/α,β-unsaturated/α-hetero) is 1. The number of fused-ring (bicyclic) bond motifs is 1. The van der Waals surface area contributed by atoms with Gasteiger partial charge in [-0.3, -0.25) is 9.20 Å². The van der Waals surface area contributed by atoms with E-state index in [-0.39, 0.29) is 5.92 Å². The minimum atomic E-state index is 0.149. The fraction of sp³-hybridized carbons (Fsp3) is 0.500. The third kappa shape index (κ3) is 2.00. The van der Waals surface area contributed by atoms with Crippen LogP contribution < -0.4 is 5.32 Å². The first-order chi connectivity index (χ1) is 8.24. The van der Waals surface area contributed by atoms with Gasteiger partial charge in [0.1, 0.15) is 5.78 Å². The maximum atomic E-state index is 12.1. The fourth-order valence-corrected chi connectivity index (χ4v) is 2.85. The molecule has 1 N–H and O–H groups in total. The van der Waals surface area contributed by atoms with Crippen LogP contribution in [-0.2, 0) is 11.2 Å². The molecule has 90 valence electrons. The molecule has 17 heavy (non-hydrogen) atoms. The van der Waals surface area contributed by atoms with E-state index < -0.39 is 0 Å². The molecular weight excluding hydrogens is 234 g/mol. The van der Waals surface area contributed by atoms with Crippen molar-refractivity contribution < 1.29 is 4.79 Å². The van der Waals surface area contributed by atoms with E-state index in [1.165, 1.54) is 0 Å². The van der Waals surface area contributed by atoms with E-state index in [0.717, 1.165) is 23.7 Å². The summed E-state index contributed by atoms with van der Waals surface area (Å²) in [5, 5.41) is 5.20. The molecule has 3 rings (SSSR count). The van der Waals surface area contributed by atoms with Crippen molar-refractivity contribution in [2.45, 2.75) is 13.3 Å². The van der Waals surface area contributed by atoms with Crippen LogP contribution in [0.15, 0.2) is 17.8 Å². The van der Waals surface area contributed by atoms with Crippen molar-refractivity contribution in [3.05, 3.63) is 23.5 Å². The second-order valence-electron chi connectivity index (χ2n) is 4.68. The lowest BCUT2D eigenvalue weighted by molar-refractivity contribution is -0.123. The summed E-state index contributed by atoms with van der Waals surface area (Å²) in [6.45, 7) is 3.99. The molecule has 0 radical (unpaired) electrons. The smallest absolute Gasteiger partial charge is 0.193 e. The van der Waals surface area contributed by atoms with Crippen molar-refractivity contribution in [2.75, 3.05) is 13.1 Å². The number of nitrogens with one attached hydrogen (secondary N) is 1. The second kappa shape index (κ2) is 4.23. The summed E-state index contributed by atoms with van der Waals surface area (Å²) in [4.78, 5) is 17.5. The number of rotatable bonds is 4. The molecule has 0 bridgehead atoms. The Morgan fingerprint density at radius 3 is 3.18 bits per heavy atom. The van der Waals surface area contributed by atoms with Crippen LogP contribution in [0.2, 0.25) is 0 Å². The molecule has 4 nitrogen and oxygen atoms in total. The predicted molar refractivity (Wildman–Crippen MR) is 67.3 cm³/mol. The van der Waals surface area contributed by atoms with E-state index in [4.69, 9.17) is 0 Å². The number of aromatic nitrogens is 2. The van der Waals surface area contributed by atoms with E-state index in [9.17, 15) is 4.79 Å². The van der Waals surface area contributed by atoms with Crippen molar-refractivity contribution in [3.63, 3.8) is 0 Å². The zero-order valence-electron chi connectivity index (χ0n) is 9.72.